The lowest BCUT2D eigenvalue weighted by atomic mass is 10.2. The largest absolute Gasteiger partial charge is 0.369 e. The van der Waals surface area contributed by atoms with Crippen molar-refractivity contribution >= 4 is 27.2 Å². The lowest BCUT2D eigenvalue weighted by molar-refractivity contribution is 0.101. The first-order chi connectivity index (χ1) is 12.9. The number of benzene rings is 2. The van der Waals surface area contributed by atoms with E-state index in [2.05, 4.69) is 21.4 Å². The standard InChI is InChI=1S/C20H25N3O3S/c1-3-22-12-14-23(15-13-22)19-8-6-18(7-9-19)21-27(25,26)20-10-4-17(5-11-20)16(2)24/h4-11,21H,3,12-15H2,1-2H3. The van der Waals surface area contributed by atoms with E-state index < -0.39 is 10.0 Å². The number of hydrogen-bond donors (Lipinski definition) is 1. The average Bonchev–Trinajstić information content (AvgIpc) is 2.68. The molecule has 0 spiro atoms. The molecule has 2 aromatic rings. The predicted molar refractivity (Wildman–Crippen MR) is 108 cm³/mol. The Bertz CT molecular complexity index is 885. The highest BCUT2D eigenvalue weighted by Gasteiger charge is 2.17. The average molecular weight is 388 g/mol. The van der Waals surface area contributed by atoms with Crippen molar-refractivity contribution in [2.45, 2.75) is 18.7 Å². The maximum absolute atomic E-state index is 12.5. The Hall–Kier alpha value is -2.38. The van der Waals surface area contributed by atoms with Gasteiger partial charge in [-0.15, -0.1) is 0 Å². The van der Waals surface area contributed by atoms with Gasteiger partial charge in [-0.05, 0) is 49.9 Å². The van der Waals surface area contributed by atoms with Gasteiger partial charge in [0, 0.05) is 43.1 Å². The zero-order chi connectivity index (χ0) is 19.4. The number of rotatable bonds is 6. The fourth-order valence-corrected chi connectivity index (χ4v) is 4.20. The minimum absolute atomic E-state index is 0.0951. The second-order valence-electron chi connectivity index (χ2n) is 6.65. The minimum Gasteiger partial charge on any atom is -0.369 e. The number of sulfonamides is 1. The number of piperazine rings is 1. The van der Waals surface area contributed by atoms with Crippen LogP contribution < -0.4 is 9.62 Å². The van der Waals surface area contributed by atoms with Crippen LogP contribution in [0.2, 0.25) is 0 Å². The number of Topliss-reactive ketones (excluding diaryl/α,β-unsaturated/α-hetero) is 1. The molecule has 0 bridgehead atoms. The van der Waals surface area contributed by atoms with Gasteiger partial charge in [-0.1, -0.05) is 19.1 Å². The van der Waals surface area contributed by atoms with Crippen LogP contribution in [-0.4, -0.2) is 51.8 Å². The third-order valence-corrected chi connectivity index (χ3v) is 6.27. The first-order valence-corrected chi connectivity index (χ1v) is 10.6. The fraction of sp³-hybridized carbons (Fsp3) is 0.350. The SMILES string of the molecule is CCN1CCN(c2ccc(NS(=O)(=O)c3ccc(C(C)=O)cc3)cc2)CC1. The Morgan fingerprint density at radius 3 is 2.07 bits per heavy atom. The summed E-state index contributed by atoms with van der Waals surface area (Å²) in [5, 5.41) is 0. The van der Waals surface area contributed by atoms with Crippen molar-refractivity contribution < 1.29 is 13.2 Å². The fourth-order valence-electron chi connectivity index (χ4n) is 3.15. The van der Waals surface area contributed by atoms with Crippen LogP contribution in [0.3, 0.4) is 0 Å². The van der Waals surface area contributed by atoms with E-state index in [0.29, 0.717) is 11.3 Å². The summed E-state index contributed by atoms with van der Waals surface area (Å²) in [6, 6.07) is 13.4. The van der Waals surface area contributed by atoms with Gasteiger partial charge < -0.3 is 9.80 Å². The second-order valence-corrected chi connectivity index (χ2v) is 8.34. The van der Waals surface area contributed by atoms with Crippen LogP contribution >= 0.6 is 0 Å². The molecule has 1 N–H and O–H groups in total. The highest BCUT2D eigenvalue weighted by atomic mass is 32.2. The Morgan fingerprint density at radius 2 is 1.56 bits per heavy atom. The van der Waals surface area contributed by atoms with E-state index in [9.17, 15) is 13.2 Å². The molecule has 3 rings (SSSR count). The van der Waals surface area contributed by atoms with Crippen molar-refractivity contribution in [1.82, 2.24) is 4.90 Å². The van der Waals surface area contributed by atoms with Crippen molar-refractivity contribution in [2.24, 2.45) is 0 Å². The van der Waals surface area contributed by atoms with Crippen molar-refractivity contribution in [3.63, 3.8) is 0 Å². The van der Waals surface area contributed by atoms with E-state index in [1.807, 2.05) is 12.1 Å². The van der Waals surface area contributed by atoms with Gasteiger partial charge in [-0.25, -0.2) is 8.42 Å². The lowest BCUT2D eigenvalue weighted by Crippen LogP contribution is -2.46. The topological polar surface area (TPSA) is 69.7 Å². The lowest BCUT2D eigenvalue weighted by Gasteiger charge is -2.35. The van der Waals surface area contributed by atoms with Crippen LogP contribution in [0.25, 0.3) is 0 Å². The van der Waals surface area contributed by atoms with Crippen LogP contribution in [0.5, 0.6) is 0 Å². The monoisotopic (exact) mass is 387 g/mol. The molecule has 27 heavy (non-hydrogen) atoms. The van der Waals surface area contributed by atoms with Crippen molar-refractivity contribution in [3.8, 4) is 0 Å². The first-order valence-electron chi connectivity index (χ1n) is 9.10. The van der Waals surface area contributed by atoms with Gasteiger partial charge in [-0.2, -0.15) is 0 Å². The van der Waals surface area contributed by atoms with Gasteiger partial charge in [-0.3, -0.25) is 9.52 Å². The Labute approximate surface area is 160 Å². The third-order valence-electron chi connectivity index (χ3n) is 4.88. The molecule has 0 saturated carbocycles. The van der Waals surface area contributed by atoms with Crippen molar-refractivity contribution in [3.05, 3.63) is 54.1 Å². The Kier molecular flexibility index (Phi) is 5.82. The highest BCUT2D eigenvalue weighted by Crippen LogP contribution is 2.22. The predicted octanol–water partition coefficient (Wildman–Crippen LogP) is 2.83. The van der Waals surface area contributed by atoms with Crippen LogP contribution in [-0.2, 0) is 10.0 Å². The Balaban J connectivity index is 1.67. The van der Waals surface area contributed by atoms with E-state index in [-0.39, 0.29) is 10.7 Å². The van der Waals surface area contributed by atoms with Gasteiger partial charge in [0.15, 0.2) is 5.78 Å². The van der Waals surface area contributed by atoms with E-state index in [1.54, 1.807) is 12.1 Å². The summed E-state index contributed by atoms with van der Waals surface area (Å²) < 4.78 is 27.6. The molecule has 144 valence electrons. The number of hydrogen-bond acceptors (Lipinski definition) is 5. The number of anilines is 2. The van der Waals surface area contributed by atoms with Crippen LogP contribution in [0.4, 0.5) is 11.4 Å². The smallest absolute Gasteiger partial charge is 0.261 e. The molecule has 1 saturated heterocycles. The molecule has 0 unspecified atom stereocenters. The zero-order valence-electron chi connectivity index (χ0n) is 15.7. The molecule has 1 heterocycles. The second kappa shape index (κ2) is 8.10. The molecule has 0 radical (unpaired) electrons. The normalized spacial score (nSPS) is 15.6. The molecule has 1 aliphatic rings. The quantitative estimate of drug-likeness (QED) is 0.772. The van der Waals surface area contributed by atoms with Crippen molar-refractivity contribution in [2.75, 3.05) is 42.3 Å². The van der Waals surface area contributed by atoms with Gasteiger partial charge in [0.05, 0.1) is 4.90 Å². The van der Waals surface area contributed by atoms with E-state index >= 15 is 0 Å². The number of carbonyl (C=O) groups is 1. The van der Waals surface area contributed by atoms with E-state index in [4.69, 9.17) is 0 Å². The molecule has 0 aromatic heterocycles. The summed E-state index contributed by atoms with van der Waals surface area (Å²) >= 11 is 0. The van der Waals surface area contributed by atoms with Gasteiger partial charge >= 0.3 is 0 Å². The van der Waals surface area contributed by atoms with Gasteiger partial charge in [0.2, 0.25) is 0 Å². The third kappa shape index (κ3) is 4.67. The van der Waals surface area contributed by atoms with E-state index in [0.717, 1.165) is 38.4 Å². The number of carbonyl (C=O) groups excluding carboxylic acids is 1. The molecule has 0 amide bonds. The minimum atomic E-state index is -3.69. The highest BCUT2D eigenvalue weighted by molar-refractivity contribution is 7.92. The number of nitrogens with zero attached hydrogens (tertiary/aromatic N) is 2. The van der Waals surface area contributed by atoms with Gasteiger partial charge in [0.25, 0.3) is 10.0 Å². The molecule has 1 fully saturated rings. The van der Waals surface area contributed by atoms with Crippen molar-refractivity contribution in [1.29, 1.82) is 0 Å². The molecule has 0 aliphatic carbocycles. The number of ketones is 1. The summed E-state index contributed by atoms with van der Waals surface area (Å²) in [7, 11) is -3.69. The van der Waals surface area contributed by atoms with Gasteiger partial charge in [0.1, 0.15) is 0 Å². The first kappa shape index (κ1) is 19.4. The Morgan fingerprint density at radius 1 is 0.963 bits per heavy atom. The van der Waals surface area contributed by atoms with Crippen LogP contribution in [0.15, 0.2) is 53.4 Å². The number of likely N-dealkylation sites (N-methyl/N-ethyl adjacent to an activating group) is 1. The molecule has 2 aromatic carbocycles. The molecule has 6 nitrogen and oxygen atoms in total. The molecular weight excluding hydrogens is 362 g/mol. The van der Waals surface area contributed by atoms with E-state index in [1.165, 1.54) is 31.2 Å². The van der Waals surface area contributed by atoms with Crippen LogP contribution in [0.1, 0.15) is 24.2 Å². The number of nitrogens with one attached hydrogen (secondary N) is 1. The summed E-state index contributed by atoms with van der Waals surface area (Å²) in [6.45, 7) is 8.72. The van der Waals surface area contributed by atoms with Crippen LogP contribution in [0, 0.1) is 0 Å². The molecule has 1 aliphatic heterocycles. The summed E-state index contributed by atoms with van der Waals surface area (Å²) in [5.74, 6) is -0.0951. The summed E-state index contributed by atoms with van der Waals surface area (Å²) in [4.78, 5) is 16.2. The maximum atomic E-state index is 12.5. The maximum Gasteiger partial charge on any atom is 0.261 e. The summed E-state index contributed by atoms with van der Waals surface area (Å²) in [5.41, 5.74) is 2.10. The molecule has 0 atom stereocenters. The summed E-state index contributed by atoms with van der Waals surface area (Å²) in [6.07, 6.45) is 0. The zero-order valence-corrected chi connectivity index (χ0v) is 16.5. The molecule has 7 heteroatoms. The molecular formula is C20H25N3O3S.